The van der Waals surface area contributed by atoms with Crippen LogP contribution in [0, 0.1) is 23.2 Å². The predicted octanol–water partition coefficient (Wildman–Crippen LogP) is 2.66. The Hall–Kier alpha value is -2.37. The van der Waals surface area contributed by atoms with Crippen LogP contribution in [-0.4, -0.2) is 41.8 Å². The maximum absolute atomic E-state index is 13.8. The fourth-order valence-corrected chi connectivity index (χ4v) is 6.79. The maximum Gasteiger partial charge on any atom is 0.308 e. The number of nitrogens with one attached hydrogen (secondary N) is 1. The van der Waals surface area contributed by atoms with Crippen molar-refractivity contribution in [2.45, 2.75) is 57.6 Å². The van der Waals surface area contributed by atoms with Crippen LogP contribution in [0.25, 0.3) is 0 Å². The zero-order valence-electron chi connectivity index (χ0n) is 17.3. The monoisotopic (exact) mass is 410 g/mol. The fourth-order valence-electron chi connectivity index (χ4n) is 6.79. The van der Waals surface area contributed by atoms with Crippen LogP contribution >= 0.6 is 0 Å². The molecule has 6 rings (SSSR count). The van der Waals surface area contributed by atoms with Gasteiger partial charge in [-0.05, 0) is 61.8 Å². The molecule has 0 aromatic heterocycles. The number of benzene rings is 1. The Kier molecular flexibility index (Phi) is 5.03. The Bertz CT molecular complexity index is 802. The average Bonchev–Trinajstić information content (AvgIpc) is 2.73. The number of hydrogen-bond acceptors (Lipinski definition) is 4. The van der Waals surface area contributed by atoms with Gasteiger partial charge in [-0.15, -0.1) is 0 Å². The minimum Gasteiger partial charge on any atom is -0.461 e. The molecule has 5 aliphatic rings. The normalized spacial score (nSPS) is 34.5. The van der Waals surface area contributed by atoms with E-state index in [0.717, 1.165) is 24.8 Å². The SMILES string of the molecule is O=C(C[C@H]1C(=O)NCCN1C(=O)C12CC3CC(CC(C3)C1)C2)OCc1ccccc1. The summed E-state index contributed by atoms with van der Waals surface area (Å²) in [6, 6.07) is 8.72. The molecule has 4 bridgehead atoms. The van der Waals surface area contributed by atoms with Crippen LogP contribution in [0.5, 0.6) is 0 Å². The lowest BCUT2D eigenvalue weighted by Crippen LogP contribution is -2.63. The highest BCUT2D eigenvalue weighted by atomic mass is 16.5. The first-order valence-corrected chi connectivity index (χ1v) is 11.3. The van der Waals surface area contributed by atoms with Crippen molar-refractivity contribution in [3.63, 3.8) is 0 Å². The van der Waals surface area contributed by atoms with Crippen molar-refractivity contribution in [2.24, 2.45) is 23.2 Å². The van der Waals surface area contributed by atoms with Crippen LogP contribution in [0.3, 0.4) is 0 Å². The number of piperazine rings is 1. The van der Waals surface area contributed by atoms with Gasteiger partial charge in [-0.2, -0.15) is 0 Å². The summed E-state index contributed by atoms with van der Waals surface area (Å²) in [5, 5.41) is 2.83. The predicted molar refractivity (Wildman–Crippen MR) is 110 cm³/mol. The largest absolute Gasteiger partial charge is 0.461 e. The van der Waals surface area contributed by atoms with E-state index >= 15 is 0 Å². The molecule has 1 aromatic carbocycles. The molecule has 30 heavy (non-hydrogen) atoms. The van der Waals surface area contributed by atoms with Crippen molar-refractivity contribution < 1.29 is 19.1 Å². The molecule has 5 fully saturated rings. The second kappa shape index (κ2) is 7.71. The number of hydrogen-bond donors (Lipinski definition) is 1. The molecule has 2 amide bonds. The molecule has 1 saturated heterocycles. The van der Waals surface area contributed by atoms with Crippen LogP contribution in [0.1, 0.15) is 50.5 Å². The summed E-state index contributed by atoms with van der Waals surface area (Å²) >= 11 is 0. The molecule has 4 saturated carbocycles. The van der Waals surface area contributed by atoms with E-state index < -0.39 is 12.0 Å². The third-order valence-corrected chi connectivity index (χ3v) is 7.69. The first-order chi connectivity index (χ1) is 14.5. The molecule has 1 aliphatic heterocycles. The van der Waals surface area contributed by atoms with Crippen molar-refractivity contribution in [3.05, 3.63) is 35.9 Å². The number of nitrogens with zero attached hydrogens (tertiary/aromatic N) is 1. The van der Waals surface area contributed by atoms with Crippen LogP contribution in [0.2, 0.25) is 0 Å². The standard InChI is InChI=1S/C24H30N2O4/c27-21(30-15-16-4-2-1-3-5-16)11-20-22(28)25-6-7-26(20)23(29)24-12-17-8-18(13-24)10-19(9-17)14-24/h1-5,17-20H,6-15H2,(H,25,28)/t17?,18?,19?,20-,24?/m0/s1. The fraction of sp³-hybridized carbons (Fsp3) is 0.625. The molecular weight excluding hydrogens is 380 g/mol. The molecule has 1 atom stereocenters. The summed E-state index contributed by atoms with van der Waals surface area (Å²) in [6.07, 6.45) is 6.59. The minimum atomic E-state index is -0.762. The van der Waals surface area contributed by atoms with Gasteiger partial charge in [-0.25, -0.2) is 0 Å². The van der Waals surface area contributed by atoms with Crippen LogP contribution in [0.4, 0.5) is 0 Å². The Morgan fingerprint density at radius 3 is 2.30 bits per heavy atom. The van der Waals surface area contributed by atoms with Gasteiger partial charge in [0, 0.05) is 13.1 Å². The smallest absolute Gasteiger partial charge is 0.308 e. The minimum absolute atomic E-state index is 0.0865. The van der Waals surface area contributed by atoms with Crippen molar-refractivity contribution in [1.82, 2.24) is 10.2 Å². The first kappa shape index (κ1) is 19.6. The number of esters is 1. The Morgan fingerprint density at radius 1 is 1.03 bits per heavy atom. The molecule has 4 aliphatic carbocycles. The van der Waals surface area contributed by atoms with E-state index in [-0.39, 0.29) is 30.3 Å². The Balaban J connectivity index is 1.28. The Labute approximate surface area is 177 Å². The van der Waals surface area contributed by atoms with E-state index in [4.69, 9.17) is 4.74 Å². The molecule has 1 N–H and O–H groups in total. The second-order valence-corrected chi connectivity index (χ2v) is 9.85. The van der Waals surface area contributed by atoms with Gasteiger partial charge in [-0.1, -0.05) is 30.3 Å². The summed E-state index contributed by atoms with van der Waals surface area (Å²) in [5.41, 5.74) is 0.596. The lowest BCUT2D eigenvalue weighted by molar-refractivity contribution is -0.166. The molecule has 6 heteroatoms. The van der Waals surface area contributed by atoms with Crippen molar-refractivity contribution in [2.75, 3.05) is 13.1 Å². The van der Waals surface area contributed by atoms with E-state index in [1.807, 2.05) is 30.3 Å². The van der Waals surface area contributed by atoms with Gasteiger partial charge in [0.25, 0.3) is 0 Å². The molecule has 0 unspecified atom stereocenters. The van der Waals surface area contributed by atoms with Crippen LogP contribution < -0.4 is 5.32 Å². The highest BCUT2D eigenvalue weighted by molar-refractivity contribution is 5.93. The molecule has 160 valence electrons. The number of rotatable bonds is 5. The van der Waals surface area contributed by atoms with Gasteiger partial charge < -0.3 is 15.0 Å². The van der Waals surface area contributed by atoms with Crippen LogP contribution in [-0.2, 0) is 25.7 Å². The van der Waals surface area contributed by atoms with Gasteiger partial charge in [0.05, 0.1) is 11.8 Å². The third-order valence-electron chi connectivity index (χ3n) is 7.69. The average molecular weight is 411 g/mol. The summed E-state index contributed by atoms with van der Waals surface area (Å²) in [7, 11) is 0. The van der Waals surface area contributed by atoms with Crippen LogP contribution in [0.15, 0.2) is 30.3 Å². The lowest BCUT2D eigenvalue weighted by atomic mass is 9.49. The number of carbonyl (C=O) groups excluding carboxylic acids is 3. The van der Waals surface area contributed by atoms with E-state index in [1.165, 1.54) is 19.3 Å². The molecular formula is C24H30N2O4. The van der Waals surface area contributed by atoms with Gasteiger partial charge in [0.1, 0.15) is 12.6 Å². The topological polar surface area (TPSA) is 75.7 Å². The number of amides is 2. The number of carbonyl (C=O) groups is 3. The van der Waals surface area contributed by atoms with Gasteiger partial charge >= 0.3 is 5.97 Å². The molecule has 1 aromatic rings. The third kappa shape index (κ3) is 3.61. The van der Waals surface area contributed by atoms with Gasteiger partial charge in [-0.3, -0.25) is 14.4 Å². The summed E-state index contributed by atoms with van der Waals surface area (Å²) in [5.74, 6) is 1.41. The van der Waals surface area contributed by atoms with E-state index in [1.54, 1.807) is 4.90 Å². The summed E-state index contributed by atoms with van der Waals surface area (Å²) < 4.78 is 5.40. The molecule has 6 nitrogen and oxygen atoms in total. The Morgan fingerprint density at radius 2 is 1.67 bits per heavy atom. The highest BCUT2D eigenvalue weighted by Gasteiger charge is 2.56. The van der Waals surface area contributed by atoms with E-state index in [2.05, 4.69) is 5.32 Å². The van der Waals surface area contributed by atoms with E-state index in [9.17, 15) is 14.4 Å². The maximum atomic E-state index is 13.8. The highest BCUT2D eigenvalue weighted by Crippen LogP contribution is 2.60. The number of ether oxygens (including phenoxy) is 1. The molecule has 0 spiro atoms. The summed E-state index contributed by atoms with van der Waals surface area (Å²) in [6.45, 7) is 1.10. The van der Waals surface area contributed by atoms with Gasteiger partial charge in [0.2, 0.25) is 11.8 Å². The zero-order chi connectivity index (χ0) is 20.7. The summed E-state index contributed by atoms with van der Waals surface area (Å²) in [4.78, 5) is 40.6. The zero-order valence-corrected chi connectivity index (χ0v) is 17.3. The van der Waals surface area contributed by atoms with E-state index in [0.29, 0.717) is 30.8 Å². The quantitative estimate of drug-likeness (QED) is 0.758. The first-order valence-electron chi connectivity index (χ1n) is 11.3. The lowest BCUT2D eigenvalue weighted by Gasteiger charge is -2.57. The van der Waals surface area contributed by atoms with Crippen molar-refractivity contribution in [3.8, 4) is 0 Å². The second-order valence-electron chi connectivity index (χ2n) is 9.85. The van der Waals surface area contributed by atoms with Gasteiger partial charge in [0.15, 0.2) is 0 Å². The van der Waals surface area contributed by atoms with Crippen molar-refractivity contribution >= 4 is 17.8 Å². The molecule has 1 heterocycles. The van der Waals surface area contributed by atoms with Crippen molar-refractivity contribution in [1.29, 1.82) is 0 Å². The molecule has 0 radical (unpaired) electrons.